The topological polar surface area (TPSA) is 26.7 Å². The van der Waals surface area contributed by atoms with Crippen LogP contribution in [0.25, 0.3) is 12.2 Å². The molecule has 0 bridgehead atoms. The van der Waals surface area contributed by atoms with Crippen LogP contribution in [0.15, 0.2) is 115 Å². The van der Waals surface area contributed by atoms with Gasteiger partial charge >= 0.3 is 0 Å². The molecule has 1 aliphatic heterocycles. The molecule has 0 saturated heterocycles. The van der Waals surface area contributed by atoms with E-state index in [0.29, 0.717) is 0 Å². The Bertz CT molecular complexity index is 1270. The molecule has 0 amide bonds. The van der Waals surface area contributed by atoms with Crippen molar-refractivity contribution in [3.8, 4) is 5.75 Å². The van der Waals surface area contributed by atoms with Gasteiger partial charge in [0.25, 0.3) is 0 Å². The van der Waals surface area contributed by atoms with Gasteiger partial charge in [-0.1, -0.05) is 78.9 Å². The van der Waals surface area contributed by atoms with Crippen LogP contribution in [0, 0.1) is 0 Å². The van der Waals surface area contributed by atoms with Gasteiger partial charge in [-0.2, -0.15) is 0 Å². The Kier molecular flexibility index (Phi) is 6.17. The summed E-state index contributed by atoms with van der Waals surface area (Å²) in [5.41, 5.74) is 6.27. The lowest BCUT2D eigenvalue weighted by Gasteiger charge is -2.33. The van der Waals surface area contributed by atoms with Gasteiger partial charge in [0.15, 0.2) is 0 Å². The molecule has 3 nitrogen and oxygen atoms in total. The smallest absolute Gasteiger partial charge is 0.124 e. The predicted octanol–water partition coefficient (Wildman–Crippen LogP) is 7.80. The summed E-state index contributed by atoms with van der Waals surface area (Å²) in [4.78, 5) is 4.51. The molecule has 0 aliphatic carbocycles. The van der Waals surface area contributed by atoms with E-state index in [9.17, 15) is 5.11 Å². The minimum Gasteiger partial charge on any atom is -0.507 e. The van der Waals surface area contributed by atoms with E-state index in [4.69, 9.17) is 0 Å². The van der Waals surface area contributed by atoms with Crippen LogP contribution in [0.3, 0.4) is 0 Å². The largest absolute Gasteiger partial charge is 0.507 e. The van der Waals surface area contributed by atoms with Gasteiger partial charge in [-0.05, 0) is 55.0 Å². The van der Waals surface area contributed by atoms with Crippen molar-refractivity contribution in [3.05, 3.63) is 126 Å². The number of rotatable bonds is 6. The first-order valence-electron chi connectivity index (χ1n) is 11.7. The molecule has 0 radical (unpaired) electrons. The lowest BCUT2D eigenvalue weighted by Crippen LogP contribution is -2.34. The van der Waals surface area contributed by atoms with Gasteiger partial charge in [0.2, 0.25) is 0 Å². The number of benzene rings is 4. The van der Waals surface area contributed by atoms with Gasteiger partial charge < -0.3 is 14.9 Å². The molecule has 168 valence electrons. The minimum atomic E-state index is 0.143. The van der Waals surface area contributed by atoms with Crippen LogP contribution in [0.4, 0.5) is 22.7 Å². The first-order valence-corrected chi connectivity index (χ1v) is 11.7. The van der Waals surface area contributed by atoms with E-state index in [1.165, 1.54) is 11.3 Å². The van der Waals surface area contributed by atoms with Crippen LogP contribution in [-0.4, -0.2) is 17.7 Å². The number of likely N-dealkylation sites (N-methyl/N-ethyl adjacent to an activating group) is 1. The van der Waals surface area contributed by atoms with Crippen LogP contribution in [0.1, 0.15) is 18.1 Å². The van der Waals surface area contributed by atoms with Crippen molar-refractivity contribution in [1.29, 1.82) is 0 Å². The maximum Gasteiger partial charge on any atom is 0.124 e. The Hall–Kier alpha value is -4.24. The minimum absolute atomic E-state index is 0.143. The Labute approximate surface area is 201 Å². The van der Waals surface area contributed by atoms with Crippen molar-refractivity contribution in [2.24, 2.45) is 0 Å². The molecule has 1 aliphatic rings. The van der Waals surface area contributed by atoms with Gasteiger partial charge in [-0.25, -0.2) is 0 Å². The maximum absolute atomic E-state index is 10.9. The van der Waals surface area contributed by atoms with Crippen LogP contribution >= 0.6 is 0 Å². The predicted molar refractivity (Wildman–Crippen MR) is 144 cm³/mol. The van der Waals surface area contributed by atoms with E-state index in [1.54, 1.807) is 0 Å². The van der Waals surface area contributed by atoms with E-state index < -0.39 is 0 Å². The van der Waals surface area contributed by atoms with E-state index in [1.807, 2.05) is 54.6 Å². The van der Waals surface area contributed by atoms with Gasteiger partial charge in [-0.15, -0.1) is 0 Å². The molecule has 34 heavy (non-hydrogen) atoms. The molecule has 4 aromatic carbocycles. The van der Waals surface area contributed by atoms with Crippen molar-refractivity contribution in [1.82, 2.24) is 0 Å². The van der Waals surface area contributed by atoms with Crippen molar-refractivity contribution in [2.75, 3.05) is 16.3 Å². The van der Waals surface area contributed by atoms with Gasteiger partial charge in [0.05, 0.1) is 6.04 Å². The molecular formula is C31H28N2O. The summed E-state index contributed by atoms with van der Waals surface area (Å²) in [5.74, 6) is 0.258. The second-order valence-electron chi connectivity index (χ2n) is 8.30. The molecule has 0 spiro atoms. The standard InChI is InChI=1S/C31H28N2O/c1-2-32-26(20-17-24-11-9-10-16-30(24)32)21-18-25-19-22-29(23-31(25)34)33(27-12-5-3-6-13-27)28-14-7-4-8-15-28/h3-23,26,34H,2H2,1H3. The van der Waals surface area contributed by atoms with Crippen LogP contribution in [-0.2, 0) is 0 Å². The summed E-state index contributed by atoms with van der Waals surface area (Å²) in [5, 5.41) is 10.9. The third-order valence-corrected chi connectivity index (χ3v) is 6.19. The average molecular weight is 445 g/mol. The maximum atomic E-state index is 10.9. The quantitative estimate of drug-likeness (QED) is 0.329. The second-order valence-corrected chi connectivity index (χ2v) is 8.30. The highest BCUT2D eigenvalue weighted by molar-refractivity contribution is 5.79. The highest BCUT2D eigenvalue weighted by Crippen LogP contribution is 2.37. The lowest BCUT2D eigenvalue weighted by molar-refractivity contribution is 0.474. The second kappa shape index (κ2) is 9.72. The Balaban J connectivity index is 1.44. The average Bonchev–Trinajstić information content (AvgIpc) is 2.89. The molecule has 4 aromatic rings. The third-order valence-electron chi connectivity index (χ3n) is 6.19. The number of hydrogen-bond donors (Lipinski definition) is 1. The molecule has 1 N–H and O–H groups in total. The van der Waals surface area contributed by atoms with Gasteiger partial charge in [0.1, 0.15) is 5.75 Å². The van der Waals surface area contributed by atoms with E-state index in [0.717, 1.165) is 29.2 Å². The molecule has 1 unspecified atom stereocenters. The number of aromatic hydroxyl groups is 1. The van der Waals surface area contributed by atoms with Crippen molar-refractivity contribution < 1.29 is 5.11 Å². The zero-order valence-corrected chi connectivity index (χ0v) is 19.3. The number of para-hydroxylation sites is 3. The fourth-order valence-corrected chi connectivity index (χ4v) is 4.52. The zero-order chi connectivity index (χ0) is 23.3. The Morgan fingerprint density at radius 1 is 0.794 bits per heavy atom. The van der Waals surface area contributed by atoms with E-state index in [2.05, 4.69) is 89.5 Å². The van der Waals surface area contributed by atoms with E-state index in [-0.39, 0.29) is 11.8 Å². The summed E-state index contributed by atoms with van der Waals surface area (Å²) in [7, 11) is 0. The number of fused-ring (bicyclic) bond motifs is 1. The molecule has 1 heterocycles. The normalized spacial score (nSPS) is 14.9. The molecule has 1 atom stereocenters. The third kappa shape index (κ3) is 4.33. The highest BCUT2D eigenvalue weighted by atomic mass is 16.3. The van der Waals surface area contributed by atoms with Crippen LogP contribution < -0.4 is 9.80 Å². The van der Waals surface area contributed by atoms with Crippen molar-refractivity contribution >= 4 is 34.9 Å². The van der Waals surface area contributed by atoms with Gasteiger partial charge in [0, 0.05) is 40.9 Å². The number of phenols is 1. The zero-order valence-electron chi connectivity index (χ0n) is 19.3. The molecule has 5 rings (SSSR count). The van der Waals surface area contributed by atoms with Crippen molar-refractivity contribution in [2.45, 2.75) is 13.0 Å². The molecule has 0 fully saturated rings. The molecular weight excluding hydrogens is 416 g/mol. The summed E-state index contributed by atoms with van der Waals surface area (Å²) in [6, 6.07) is 34.9. The lowest BCUT2D eigenvalue weighted by atomic mass is 10.0. The van der Waals surface area contributed by atoms with Crippen LogP contribution in [0.2, 0.25) is 0 Å². The number of phenolic OH excluding ortho intramolecular Hbond substituents is 1. The molecule has 0 saturated carbocycles. The van der Waals surface area contributed by atoms with Crippen molar-refractivity contribution in [3.63, 3.8) is 0 Å². The number of nitrogens with zero attached hydrogens (tertiary/aromatic N) is 2. The fourth-order valence-electron chi connectivity index (χ4n) is 4.52. The fraction of sp³-hybridized carbons (Fsp3) is 0.0968. The number of hydrogen-bond acceptors (Lipinski definition) is 3. The summed E-state index contributed by atoms with van der Waals surface area (Å²) < 4.78 is 0. The summed E-state index contributed by atoms with van der Waals surface area (Å²) in [6.07, 6.45) is 8.55. The first-order chi connectivity index (χ1) is 16.7. The van der Waals surface area contributed by atoms with Gasteiger partial charge in [-0.3, -0.25) is 0 Å². The Morgan fingerprint density at radius 2 is 1.44 bits per heavy atom. The summed E-state index contributed by atoms with van der Waals surface area (Å²) >= 11 is 0. The SMILES string of the molecule is CCN1c2ccccc2C=CC1C=Cc1ccc(N(c2ccccc2)c2ccccc2)cc1O. The highest BCUT2D eigenvalue weighted by Gasteiger charge is 2.19. The monoisotopic (exact) mass is 444 g/mol. The van der Waals surface area contributed by atoms with Crippen LogP contribution in [0.5, 0.6) is 5.75 Å². The first kappa shape index (κ1) is 21.6. The molecule has 0 aromatic heterocycles. The molecule has 3 heteroatoms. The number of anilines is 4. The Morgan fingerprint density at radius 3 is 2.09 bits per heavy atom. The van der Waals surface area contributed by atoms with E-state index >= 15 is 0 Å². The summed E-state index contributed by atoms with van der Waals surface area (Å²) in [6.45, 7) is 3.08.